The van der Waals surface area contributed by atoms with Crippen molar-refractivity contribution in [3.05, 3.63) is 11.7 Å². The molecule has 0 aliphatic carbocycles. The molecule has 0 amide bonds. The molecule has 1 aromatic heterocycles. The zero-order chi connectivity index (χ0) is 11.4. The zero-order valence-corrected chi connectivity index (χ0v) is 11.1. The van der Waals surface area contributed by atoms with Gasteiger partial charge in [0, 0.05) is 0 Å². The summed E-state index contributed by atoms with van der Waals surface area (Å²) >= 11 is 0. The van der Waals surface area contributed by atoms with Gasteiger partial charge < -0.3 is 10.3 Å². The number of nitrogens with zero attached hydrogens (tertiary/aromatic N) is 3. The Morgan fingerprint density at radius 3 is 2.94 bits per heavy atom. The van der Waals surface area contributed by atoms with Gasteiger partial charge in [-0.2, -0.15) is 4.98 Å². The predicted octanol–water partition coefficient (Wildman–Crippen LogP) is 1.57. The second kappa shape index (κ2) is 6.93. The lowest BCUT2D eigenvalue weighted by molar-refractivity contribution is 0.261. The van der Waals surface area contributed by atoms with Crippen molar-refractivity contribution in [1.82, 2.24) is 15.0 Å². The van der Waals surface area contributed by atoms with E-state index in [4.69, 9.17) is 10.3 Å². The monoisotopic (exact) mass is 260 g/mol. The van der Waals surface area contributed by atoms with Gasteiger partial charge in [0.2, 0.25) is 5.89 Å². The third-order valence-corrected chi connectivity index (χ3v) is 3.16. The molecule has 1 aliphatic heterocycles. The first-order chi connectivity index (χ1) is 7.78. The van der Waals surface area contributed by atoms with Crippen molar-refractivity contribution in [2.45, 2.75) is 39.3 Å². The molecule has 1 unspecified atom stereocenters. The molecule has 1 aliphatic rings. The molecule has 17 heavy (non-hydrogen) atoms. The van der Waals surface area contributed by atoms with E-state index in [0.717, 1.165) is 31.4 Å². The van der Waals surface area contributed by atoms with Crippen LogP contribution in [0.5, 0.6) is 0 Å². The van der Waals surface area contributed by atoms with Crippen molar-refractivity contribution in [3.8, 4) is 0 Å². The molecule has 1 atom stereocenters. The molecule has 0 radical (unpaired) electrons. The van der Waals surface area contributed by atoms with Crippen molar-refractivity contribution in [2.75, 3.05) is 13.1 Å². The van der Waals surface area contributed by atoms with E-state index < -0.39 is 0 Å². The van der Waals surface area contributed by atoms with E-state index in [1.807, 2.05) is 0 Å². The van der Waals surface area contributed by atoms with Crippen molar-refractivity contribution in [1.29, 1.82) is 0 Å². The number of halogens is 1. The van der Waals surface area contributed by atoms with Crippen LogP contribution in [0.3, 0.4) is 0 Å². The first-order valence-corrected chi connectivity index (χ1v) is 6.02. The summed E-state index contributed by atoms with van der Waals surface area (Å²) in [6.45, 7) is 5.70. The van der Waals surface area contributed by atoms with Gasteiger partial charge in [-0.15, -0.1) is 12.4 Å². The van der Waals surface area contributed by atoms with Crippen LogP contribution >= 0.6 is 12.4 Å². The fourth-order valence-corrected chi connectivity index (χ4v) is 2.12. The smallest absolute Gasteiger partial charge is 0.240 e. The van der Waals surface area contributed by atoms with Crippen LogP contribution in [0.2, 0.25) is 0 Å². The molecule has 0 bridgehead atoms. The van der Waals surface area contributed by atoms with Gasteiger partial charge >= 0.3 is 0 Å². The van der Waals surface area contributed by atoms with Gasteiger partial charge in [-0.25, -0.2) is 0 Å². The molecule has 6 heteroatoms. The van der Waals surface area contributed by atoms with Crippen molar-refractivity contribution in [3.63, 3.8) is 0 Å². The van der Waals surface area contributed by atoms with Gasteiger partial charge in [0.1, 0.15) is 0 Å². The Hall–Kier alpha value is -0.650. The highest BCUT2D eigenvalue weighted by molar-refractivity contribution is 5.85. The maximum Gasteiger partial charge on any atom is 0.240 e. The lowest BCUT2D eigenvalue weighted by atomic mass is 10.0. The predicted molar refractivity (Wildman–Crippen MR) is 67.7 cm³/mol. The summed E-state index contributed by atoms with van der Waals surface area (Å²) in [6.07, 6.45) is 3.86. The fraction of sp³-hybridized carbons (Fsp3) is 0.818. The van der Waals surface area contributed by atoms with Crippen LogP contribution < -0.4 is 5.73 Å². The minimum atomic E-state index is 0. The van der Waals surface area contributed by atoms with Crippen LogP contribution in [0.25, 0.3) is 0 Å². The van der Waals surface area contributed by atoms with E-state index in [0.29, 0.717) is 12.4 Å². The third-order valence-electron chi connectivity index (χ3n) is 3.16. The Labute approximate surface area is 108 Å². The summed E-state index contributed by atoms with van der Waals surface area (Å²) in [4.78, 5) is 6.63. The lowest BCUT2D eigenvalue weighted by Gasteiger charge is -2.17. The summed E-state index contributed by atoms with van der Waals surface area (Å²) in [7, 11) is 0. The summed E-state index contributed by atoms with van der Waals surface area (Å²) in [6, 6.07) is 0. The SMILES string of the molecule is CC1CCCN(Cc2noc(CN)n2)CC1.Cl. The number of hydrogen-bond donors (Lipinski definition) is 1. The van der Waals surface area contributed by atoms with Gasteiger partial charge in [-0.3, -0.25) is 4.90 Å². The molecular weight excluding hydrogens is 240 g/mol. The van der Waals surface area contributed by atoms with Crippen molar-refractivity contribution >= 4 is 12.4 Å². The number of rotatable bonds is 3. The largest absolute Gasteiger partial charge is 0.338 e. The number of nitrogens with two attached hydrogens (primary N) is 1. The normalized spacial score (nSPS) is 21.9. The van der Waals surface area contributed by atoms with Crippen LogP contribution in [0.4, 0.5) is 0 Å². The van der Waals surface area contributed by atoms with Crippen LogP contribution in [-0.2, 0) is 13.1 Å². The van der Waals surface area contributed by atoms with Crippen LogP contribution in [-0.4, -0.2) is 28.1 Å². The Bertz CT molecular complexity index is 331. The number of likely N-dealkylation sites (tertiary alicyclic amines) is 1. The van der Waals surface area contributed by atoms with E-state index in [1.54, 1.807) is 0 Å². The molecule has 0 spiro atoms. The fourth-order valence-electron chi connectivity index (χ4n) is 2.12. The first-order valence-electron chi connectivity index (χ1n) is 6.02. The molecule has 1 saturated heterocycles. The molecule has 2 rings (SSSR count). The second-order valence-electron chi connectivity index (χ2n) is 4.62. The van der Waals surface area contributed by atoms with Crippen molar-refractivity contribution in [2.24, 2.45) is 11.7 Å². The van der Waals surface area contributed by atoms with Crippen molar-refractivity contribution < 1.29 is 4.52 Å². The molecule has 1 fully saturated rings. The Kier molecular flexibility index (Phi) is 5.88. The highest BCUT2D eigenvalue weighted by atomic mass is 35.5. The van der Waals surface area contributed by atoms with E-state index in [9.17, 15) is 0 Å². The average Bonchev–Trinajstić information content (AvgIpc) is 2.63. The van der Waals surface area contributed by atoms with Gasteiger partial charge in [0.05, 0.1) is 13.1 Å². The maximum absolute atomic E-state index is 5.43. The second-order valence-corrected chi connectivity index (χ2v) is 4.62. The average molecular weight is 261 g/mol. The van der Waals surface area contributed by atoms with Gasteiger partial charge in [0.15, 0.2) is 5.82 Å². The summed E-state index contributed by atoms with van der Waals surface area (Å²) in [5.74, 6) is 2.13. The highest BCUT2D eigenvalue weighted by Gasteiger charge is 2.16. The maximum atomic E-state index is 5.43. The number of aromatic nitrogens is 2. The molecule has 0 saturated carbocycles. The molecular formula is C11H21ClN4O. The third kappa shape index (κ3) is 4.26. The zero-order valence-electron chi connectivity index (χ0n) is 10.3. The van der Waals surface area contributed by atoms with E-state index in [1.165, 1.54) is 19.3 Å². The Morgan fingerprint density at radius 1 is 1.41 bits per heavy atom. The first kappa shape index (κ1) is 14.4. The minimum Gasteiger partial charge on any atom is -0.338 e. The molecule has 2 N–H and O–H groups in total. The lowest BCUT2D eigenvalue weighted by Crippen LogP contribution is -2.24. The topological polar surface area (TPSA) is 68.2 Å². The highest BCUT2D eigenvalue weighted by Crippen LogP contribution is 2.17. The molecule has 0 aromatic carbocycles. The van der Waals surface area contributed by atoms with E-state index in [2.05, 4.69) is 22.0 Å². The Morgan fingerprint density at radius 2 is 2.24 bits per heavy atom. The minimum absolute atomic E-state index is 0. The van der Waals surface area contributed by atoms with E-state index in [-0.39, 0.29) is 12.4 Å². The van der Waals surface area contributed by atoms with Crippen LogP contribution in [0.1, 0.15) is 37.9 Å². The summed E-state index contributed by atoms with van der Waals surface area (Å²) in [5, 5.41) is 3.92. The van der Waals surface area contributed by atoms with E-state index >= 15 is 0 Å². The van der Waals surface area contributed by atoms with Gasteiger partial charge in [-0.1, -0.05) is 12.1 Å². The van der Waals surface area contributed by atoms with Gasteiger partial charge in [-0.05, 0) is 38.3 Å². The van der Waals surface area contributed by atoms with Crippen LogP contribution in [0.15, 0.2) is 4.52 Å². The summed E-state index contributed by atoms with van der Waals surface area (Å²) in [5.41, 5.74) is 5.43. The molecule has 2 heterocycles. The molecule has 5 nitrogen and oxygen atoms in total. The quantitative estimate of drug-likeness (QED) is 0.894. The van der Waals surface area contributed by atoms with Gasteiger partial charge in [0.25, 0.3) is 0 Å². The Balaban J connectivity index is 0.00000144. The molecule has 98 valence electrons. The number of hydrogen-bond acceptors (Lipinski definition) is 5. The molecule has 1 aromatic rings. The summed E-state index contributed by atoms with van der Waals surface area (Å²) < 4.78 is 4.99. The standard InChI is InChI=1S/C11H20N4O.ClH/c1-9-3-2-5-15(6-4-9)8-10-13-11(7-12)16-14-10;/h9H,2-8,12H2,1H3;1H. The van der Waals surface area contributed by atoms with Crippen LogP contribution in [0, 0.1) is 5.92 Å².